The number of hydrogen-bond acceptors (Lipinski definition) is 5. The number of nitrogens with zero attached hydrogens (tertiary/aromatic N) is 2. The summed E-state index contributed by atoms with van der Waals surface area (Å²) in [6.07, 6.45) is 3.78. The number of amides is 1. The van der Waals surface area contributed by atoms with E-state index in [-0.39, 0.29) is 18.8 Å². The summed E-state index contributed by atoms with van der Waals surface area (Å²) in [5, 5.41) is 0. The number of aromatic nitrogens is 1. The van der Waals surface area contributed by atoms with Gasteiger partial charge in [-0.3, -0.25) is 9.78 Å². The van der Waals surface area contributed by atoms with E-state index >= 15 is 0 Å². The standard InChI is InChI=1S/C17H16N2O4/c20-17(7-12-3-4-15-16(6-12)22-11-21-15)19-9-14(10-19)23-13-2-1-5-18-8-13/h1-6,8,14H,7,9-11H2. The predicted molar refractivity (Wildman–Crippen MR) is 81.5 cm³/mol. The van der Waals surface area contributed by atoms with Gasteiger partial charge in [0.2, 0.25) is 12.7 Å². The van der Waals surface area contributed by atoms with Gasteiger partial charge in [-0.05, 0) is 29.8 Å². The minimum Gasteiger partial charge on any atom is -0.485 e. The van der Waals surface area contributed by atoms with Crippen LogP contribution in [0.1, 0.15) is 5.56 Å². The number of pyridine rings is 1. The molecule has 118 valence electrons. The van der Waals surface area contributed by atoms with Crippen LogP contribution in [0.3, 0.4) is 0 Å². The third-order valence-electron chi connectivity index (χ3n) is 3.93. The van der Waals surface area contributed by atoms with Crippen molar-refractivity contribution in [3.05, 3.63) is 48.3 Å². The molecule has 2 aliphatic rings. The van der Waals surface area contributed by atoms with Crippen LogP contribution in [0.25, 0.3) is 0 Å². The molecule has 0 aliphatic carbocycles. The quantitative estimate of drug-likeness (QED) is 0.859. The average Bonchev–Trinajstić information content (AvgIpc) is 2.99. The van der Waals surface area contributed by atoms with E-state index in [1.165, 1.54) is 0 Å². The molecule has 0 saturated carbocycles. The first-order chi connectivity index (χ1) is 11.3. The van der Waals surface area contributed by atoms with Crippen LogP contribution in [-0.4, -0.2) is 41.8 Å². The summed E-state index contributed by atoms with van der Waals surface area (Å²) < 4.78 is 16.4. The van der Waals surface area contributed by atoms with E-state index in [9.17, 15) is 4.79 Å². The van der Waals surface area contributed by atoms with Gasteiger partial charge in [0.25, 0.3) is 0 Å². The van der Waals surface area contributed by atoms with Gasteiger partial charge in [-0.25, -0.2) is 0 Å². The molecular formula is C17H16N2O4. The molecule has 6 heteroatoms. The highest BCUT2D eigenvalue weighted by molar-refractivity contribution is 5.80. The fourth-order valence-electron chi connectivity index (χ4n) is 2.66. The van der Waals surface area contributed by atoms with Gasteiger partial charge in [0.05, 0.1) is 25.7 Å². The Morgan fingerprint density at radius 2 is 2.13 bits per heavy atom. The molecule has 0 unspecified atom stereocenters. The SMILES string of the molecule is O=C(Cc1ccc2c(c1)OCO2)N1CC(Oc2cccnc2)C1. The number of hydrogen-bond donors (Lipinski definition) is 0. The molecule has 1 aromatic heterocycles. The zero-order valence-electron chi connectivity index (χ0n) is 12.5. The molecular weight excluding hydrogens is 296 g/mol. The van der Waals surface area contributed by atoms with Crippen molar-refractivity contribution in [3.8, 4) is 17.2 Å². The fourth-order valence-corrected chi connectivity index (χ4v) is 2.66. The van der Waals surface area contributed by atoms with Crippen LogP contribution in [0.2, 0.25) is 0 Å². The smallest absolute Gasteiger partial charge is 0.231 e. The Morgan fingerprint density at radius 1 is 1.26 bits per heavy atom. The number of likely N-dealkylation sites (tertiary alicyclic amines) is 1. The molecule has 1 amide bonds. The summed E-state index contributed by atoms with van der Waals surface area (Å²) in [6, 6.07) is 9.30. The molecule has 0 radical (unpaired) electrons. The molecule has 0 spiro atoms. The highest BCUT2D eigenvalue weighted by Crippen LogP contribution is 2.32. The predicted octanol–water partition coefficient (Wildman–Crippen LogP) is 1.64. The van der Waals surface area contributed by atoms with Crippen LogP contribution in [0, 0.1) is 0 Å². The Morgan fingerprint density at radius 3 is 2.96 bits per heavy atom. The molecule has 0 N–H and O–H groups in total. The Hall–Kier alpha value is -2.76. The second-order valence-electron chi connectivity index (χ2n) is 5.59. The van der Waals surface area contributed by atoms with Gasteiger partial charge in [-0.1, -0.05) is 6.07 Å². The monoisotopic (exact) mass is 312 g/mol. The first kappa shape index (κ1) is 13.9. The van der Waals surface area contributed by atoms with E-state index in [1.807, 2.05) is 30.3 Å². The number of fused-ring (bicyclic) bond motifs is 1. The summed E-state index contributed by atoms with van der Waals surface area (Å²) in [7, 11) is 0. The van der Waals surface area contributed by atoms with Crippen molar-refractivity contribution in [2.24, 2.45) is 0 Å². The second kappa shape index (κ2) is 5.79. The van der Waals surface area contributed by atoms with Crippen molar-refractivity contribution in [3.63, 3.8) is 0 Å². The van der Waals surface area contributed by atoms with Crippen LogP contribution >= 0.6 is 0 Å². The summed E-state index contributed by atoms with van der Waals surface area (Å²) in [5.74, 6) is 2.27. The Labute approximate surface area is 133 Å². The van der Waals surface area contributed by atoms with E-state index in [1.54, 1.807) is 17.3 Å². The molecule has 4 rings (SSSR count). The van der Waals surface area contributed by atoms with Gasteiger partial charge in [0, 0.05) is 6.20 Å². The van der Waals surface area contributed by atoms with Crippen molar-refractivity contribution in [1.29, 1.82) is 0 Å². The van der Waals surface area contributed by atoms with Gasteiger partial charge in [-0.15, -0.1) is 0 Å². The zero-order valence-corrected chi connectivity index (χ0v) is 12.5. The Balaban J connectivity index is 1.30. The second-order valence-corrected chi connectivity index (χ2v) is 5.59. The minimum absolute atomic E-state index is 0.0416. The third kappa shape index (κ3) is 2.92. The first-order valence-electron chi connectivity index (χ1n) is 7.51. The number of ether oxygens (including phenoxy) is 3. The van der Waals surface area contributed by atoms with Crippen LogP contribution < -0.4 is 14.2 Å². The average molecular weight is 312 g/mol. The minimum atomic E-state index is 0.0416. The number of benzene rings is 1. The molecule has 2 aromatic rings. The summed E-state index contributed by atoms with van der Waals surface area (Å²) in [6.45, 7) is 1.46. The summed E-state index contributed by atoms with van der Waals surface area (Å²) in [4.78, 5) is 18.1. The van der Waals surface area contributed by atoms with Crippen LogP contribution in [0.4, 0.5) is 0 Å². The molecule has 6 nitrogen and oxygen atoms in total. The Kier molecular flexibility index (Phi) is 3.49. The fraction of sp³-hybridized carbons (Fsp3) is 0.294. The number of rotatable bonds is 4. The van der Waals surface area contributed by atoms with Gasteiger partial charge in [0.15, 0.2) is 11.5 Å². The van der Waals surface area contributed by atoms with E-state index < -0.39 is 0 Å². The van der Waals surface area contributed by atoms with Gasteiger partial charge < -0.3 is 19.1 Å². The molecule has 1 saturated heterocycles. The van der Waals surface area contributed by atoms with Gasteiger partial charge in [0.1, 0.15) is 11.9 Å². The highest BCUT2D eigenvalue weighted by Gasteiger charge is 2.32. The highest BCUT2D eigenvalue weighted by atomic mass is 16.7. The summed E-state index contributed by atoms with van der Waals surface area (Å²) in [5.41, 5.74) is 0.927. The molecule has 1 fully saturated rings. The van der Waals surface area contributed by atoms with E-state index in [0.717, 1.165) is 17.1 Å². The van der Waals surface area contributed by atoms with Crippen molar-refractivity contribution < 1.29 is 19.0 Å². The summed E-state index contributed by atoms with van der Waals surface area (Å²) >= 11 is 0. The number of carbonyl (C=O) groups excluding carboxylic acids is 1. The molecule has 23 heavy (non-hydrogen) atoms. The maximum atomic E-state index is 12.3. The van der Waals surface area contributed by atoms with Crippen molar-refractivity contribution >= 4 is 5.91 Å². The normalized spacial score (nSPS) is 16.1. The lowest BCUT2D eigenvalue weighted by Crippen LogP contribution is -2.56. The van der Waals surface area contributed by atoms with Crippen LogP contribution in [0.5, 0.6) is 17.2 Å². The maximum Gasteiger partial charge on any atom is 0.231 e. The van der Waals surface area contributed by atoms with E-state index in [2.05, 4.69) is 4.98 Å². The van der Waals surface area contributed by atoms with Crippen molar-refractivity contribution in [2.45, 2.75) is 12.5 Å². The molecule has 0 bridgehead atoms. The van der Waals surface area contributed by atoms with Gasteiger partial charge >= 0.3 is 0 Å². The first-order valence-corrected chi connectivity index (χ1v) is 7.51. The Bertz CT molecular complexity index is 714. The van der Waals surface area contributed by atoms with E-state index in [4.69, 9.17) is 14.2 Å². The number of carbonyl (C=O) groups is 1. The lowest BCUT2D eigenvalue weighted by atomic mass is 10.1. The lowest BCUT2D eigenvalue weighted by molar-refractivity contribution is -0.139. The zero-order chi connectivity index (χ0) is 15.6. The third-order valence-corrected chi connectivity index (χ3v) is 3.93. The van der Waals surface area contributed by atoms with Crippen molar-refractivity contribution in [2.75, 3.05) is 19.9 Å². The molecule has 3 heterocycles. The van der Waals surface area contributed by atoms with Crippen molar-refractivity contribution in [1.82, 2.24) is 9.88 Å². The molecule has 2 aliphatic heterocycles. The molecule has 1 aromatic carbocycles. The molecule has 0 atom stereocenters. The van der Waals surface area contributed by atoms with Crippen LogP contribution in [0.15, 0.2) is 42.7 Å². The largest absolute Gasteiger partial charge is 0.485 e. The van der Waals surface area contributed by atoms with E-state index in [0.29, 0.717) is 25.3 Å². The lowest BCUT2D eigenvalue weighted by Gasteiger charge is -2.39. The topological polar surface area (TPSA) is 60.9 Å². The van der Waals surface area contributed by atoms with Crippen LogP contribution in [-0.2, 0) is 11.2 Å². The maximum absolute atomic E-state index is 12.3. The van der Waals surface area contributed by atoms with Gasteiger partial charge in [-0.2, -0.15) is 0 Å².